The molecule has 0 aliphatic carbocycles. The van der Waals surface area contributed by atoms with Crippen molar-refractivity contribution in [1.29, 1.82) is 0 Å². The van der Waals surface area contributed by atoms with E-state index in [2.05, 4.69) is 53.0 Å². The van der Waals surface area contributed by atoms with Crippen LogP contribution in [0.25, 0.3) is 0 Å². The highest BCUT2D eigenvalue weighted by molar-refractivity contribution is 5.48. The van der Waals surface area contributed by atoms with E-state index in [0.717, 1.165) is 26.1 Å². The van der Waals surface area contributed by atoms with Crippen molar-refractivity contribution in [3.05, 3.63) is 47.7 Å². The van der Waals surface area contributed by atoms with Crippen LogP contribution in [-0.4, -0.2) is 22.9 Å². The molecule has 0 amide bonds. The Kier molecular flexibility index (Phi) is 4.05. The van der Waals surface area contributed by atoms with Crippen LogP contribution in [0.15, 0.2) is 36.5 Å². The van der Waals surface area contributed by atoms with E-state index in [1.165, 1.54) is 36.2 Å². The molecule has 0 radical (unpaired) electrons. The molecular weight excluding hydrogens is 246 g/mol. The summed E-state index contributed by atoms with van der Waals surface area (Å²) in [6, 6.07) is 10.7. The van der Waals surface area contributed by atoms with Gasteiger partial charge < -0.3 is 4.90 Å². The topological polar surface area (TPSA) is 21.1 Å². The summed E-state index contributed by atoms with van der Waals surface area (Å²) in [5, 5.41) is 4.79. The lowest BCUT2D eigenvalue weighted by atomic mass is 10.1. The Labute approximate surface area is 121 Å². The first-order chi connectivity index (χ1) is 9.86. The number of hydrogen-bond donors (Lipinski definition) is 0. The summed E-state index contributed by atoms with van der Waals surface area (Å²) < 4.78 is 2.07. The van der Waals surface area contributed by atoms with E-state index in [-0.39, 0.29) is 0 Å². The van der Waals surface area contributed by atoms with Crippen LogP contribution >= 0.6 is 0 Å². The predicted octanol–water partition coefficient (Wildman–Crippen LogP) is 3.48. The van der Waals surface area contributed by atoms with Gasteiger partial charge in [-0.25, -0.2) is 0 Å². The maximum Gasteiger partial charge on any atom is 0.154 e. The van der Waals surface area contributed by atoms with Crippen LogP contribution in [0.2, 0.25) is 0 Å². The van der Waals surface area contributed by atoms with E-state index < -0.39 is 0 Å². The van der Waals surface area contributed by atoms with Crippen LogP contribution in [0.4, 0.5) is 5.82 Å². The molecular formula is C17H23N3. The number of nitrogens with zero attached hydrogens (tertiary/aromatic N) is 3. The molecule has 0 N–H and O–H groups in total. The summed E-state index contributed by atoms with van der Waals surface area (Å²) >= 11 is 0. The van der Waals surface area contributed by atoms with Crippen LogP contribution in [0.1, 0.15) is 37.3 Å². The second-order valence-corrected chi connectivity index (χ2v) is 5.54. The van der Waals surface area contributed by atoms with E-state index in [1.807, 2.05) is 0 Å². The molecule has 0 spiro atoms. The molecule has 2 heterocycles. The number of aromatic nitrogens is 2. The number of hydrogen-bond acceptors (Lipinski definition) is 2. The van der Waals surface area contributed by atoms with Gasteiger partial charge in [-0.1, -0.05) is 30.3 Å². The van der Waals surface area contributed by atoms with Crippen molar-refractivity contribution in [2.24, 2.45) is 0 Å². The minimum atomic E-state index is 0.940. The lowest BCUT2D eigenvalue weighted by Gasteiger charge is -2.27. The fraction of sp³-hybridized carbons (Fsp3) is 0.471. The molecule has 1 aliphatic rings. The first kappa shape index (κ1) is 13.2. The summed E-state index contributed by atoms with van der Waals surface area (Å²) in [7, 11) is 0. The van der Waals surface area contributed by atoms with Gasteiger partial charge in [0.25, 0.3) is 0 Å². The first-order valence-electron chi connectivity index (χ1n) is 7.72. The second kappa shape index (κ2) is 6.12. The van der Waals surface area contributed by atoms with E-state index in [9.17, 15) is 0 Å². The Morgan fingerprint density at radius 3 is 2.50 bits per heavy atom. The van der Waals surface area contributed by atoms with Gasteiger partial charge in [0.05, 0.1) is 0 Å². The quantitative estimate of drug-likeness (QED) is 0.847. The SMILES string of the molecule is CCn1cc(Cc2ccccc2)c(N2CCCCC2)n1. The molecule has 1 aromatic carbocycles. The summed E-state index contributed by atoms with van der Waals surface area (Å²) in [6.07, 6.45) is 7.15. The maximum absolute atomic E-state index is 4.79. The minimum Gasteiger partial charge on any atom is -0.355 e. The Balaban J connectivity index is 1.86. The van der Waals surface area contributed by atoms with Gasteiger partial charge in [0.15, 0.2) is 5.82 Å². The molecule has 0 atom stereocenters. The smallest absolute Gasteiger partial charge is 0.154 e. The molecule has 3 rings (SSSR count). The molecule has 1 saturated heterocycles. The number of rotatable bonds is 4. The maximum atomic E-state index is 4.79. The van der Waals surface area contributed by atoms with Crippen LogP contribution in [0, 0.1) is 0 Å². The molecule has 0 unspecified atom stereocenters. The molecule has 1 aliphatic heterocycles. The van der Waals surface area contributed by atoms with Gasteiger partial charge in [-0.05, 0) is 31.7 Å². The van der Waals surface area contributed by atoms with Gasteiger partial charge in [0.2, 0.25) is 0 Å². The van der Waals surface area contributed by atoms with E-state index in [4.69, 9.17) is 5.10 Å². The van der Waals surface area contributed by atoms with E-state index in [0.29, 0.717) is 0 Å². The Morgan fingerprint density at radius 2 is 1.80 bits per heavy atom. The number of benzene rings is 1. The average molecular weight is 269 g/mol. The molecule has 106 valence electrons. The van der Waals surface area contributed by atoms with Gasteiger partial charge >= 0.3 is 0 Å². The highest BCUT2D eigenvalue weighted by Gasteiger charge is 2.18. The molecule has 1 fully saturated rings. The van der Waals surface area contributed by atoms with Crippen molar-refractivity contribution >= 4 is 5.82 Å². The van der Waals surface area contributed by atoms with Crippen molar-refractivity contribution in [2.45, 2.75) is 39.2 Å². The second-order valence-electron chi connectivity index (χ2n) is 5.54. The Bertz CT molecular complexity index is 539. The number of aryl methyl sites for hydroxylation is 1. The zero-order valence-corrected chi connectivity index (χ0v) is 12.3. The zero-order chi connectivity index (χ0) is 13.8. The largest absolute Gasteiger partial charge is 0.355 e. The van der Waals surface area contributed by atoms with Crippen molar-refractivity contribution in [2.75, 3.05) is 18.0 Å². The number of piperidine rings is 1. The summed E-state index contributed by atoms with van der Waals surface area (Å²) in [6.45, 7) is 5.40. The summed E-state index contributed by atoms with van der Waals surface area (Å²) in [5.41, 5.74) is 2.72. The Morgan fingerprint density at radius 1 is 1.05 bits per heavy atom. The first-order valence-corrected chi connectivity index (χ1v) is 7.72. The average Bonchev–Trinajstić information content (AvgIpc) is 2.92. The minimum absolute atomic E-state index is 0.940. The van der Waals surface area contributed by atoms with Gasteiger partial charge in [0, 0.05) is 37.8 Å². The van der Waals surface area contributed by atoms with Gasteiger partial charge in [-0.15, -0.1) is 0 Å². The van der Waals surface area contributed by atoms with Gasteiger partial charge in [0.1, 0.15) is 0 Å². The zero-order valence-electron chi connectivity index (χ0n) is 12.3. The fourth-order valence-corrected chi connectivity index (χ4v) is 2.93. The van der Waals surface area contributed by atoms with Crippen molar-refractivity contribution in [3.63, 3.8) is 0 Å². The van der Waals surface area contributed by atoms with Gasteiger partial charge in [-0.2, -0.15) is 5.10 Å². The van der Waals surface area contributed by atoms with Crippen LogP contribution < -0.4 is 4.90 Å². The molecule has 2 aromatic rings. The summed E-state index contributed by atoms with van der Waals surface area (Å²) in [5.74, 6) is 1.20. The van der Waals surface area contributed by atoms with Gasteiger partial charge in [-0.3, -0.25) is 4.68 Å². The molecule has 3 heteroatoms. The monoisotopic (exact) mass is 269 g/mol. The fourth-order valence-electron chi connectivity index (χ4n) is 2.93. The summed E-state index contributed by atoms with van der Waals surface area (Å²) in [4.78, 5) is 2.47. The van der Waals surface area contributed by atoms with Crippen LogP contribution in [0.3, 0.4) is 0 Å². The molecule has 0 saturated carbocycles. The predicted molar refractivity (Wildman–Crippen MR) is 83.2 cm³/mol. The molecule has 20 heavy (non-hydrogen) atoms. The standard InChI is InChI=1S/C17H23N3/c1-2-20-14-16(13-15-9-5-3-6-10-15)17(18-20)19-11-7-4-8-12-19/h3,5-6,9-10,14H,2,4,7-8,11-13H2,1H3. The highest BCUT2D eigenvalue weighted by atomic mass is 15.3. The van der Waals surface area contributed by atoms with Crippen molar-refractivity contribution in [3.8, 4) is 0 Å². The highest BCUT2D eigenvalue weighted by Crippen LogP contribution is 2.24. The third-order valence-electron chi connectivity index (χ3n) is 4.03. The molecule has 3 nitrogen and oxygen atoms in total. The van der Waals surface area contributed by atoms with Crippen LogP contribution in [-0.2, 0) is 13.0 Å². The molecule has 1 aromatic heterocycles. The lowest BCUT2D eigenvalue weighted by molar-refractivity contribution is 0.565. The third-order valence-corrected chi connectivity index (χ3v) is 4.03. The molecule has 0 bridgehead atoms. The lowest BCUT2D eigenvalue weighted by Crippen LogP contribution is -2.30. The van der Waals surface area contributed by atoms with Crippen LogP contribution in [0.5, 0.6) is 0 Å². The van der Waals surface area contributed by atoms with Crippen molar-refractivity contribution in [1.82, 2.24) is 9.78 Å². The normalized spacial score (nSPS) is 15.6. The third kappa shape index (κ3) is 2.87. The van der Waals surface area contributed by atoms with E-state index >= 15 is 0 Å². The van der Waals surface area contributed by atoms with E-state index in [1.54, 1.807) is 0 Å². The Hall–Kier alpha value is -1.77. The number of anilines is 1. The van der Waals surface area contributed by atoms with Crippen molar-refractivity contribution < 1.29 is 0 Å².